The predicted octanol–water partition coefficient (Wildman–Crippen LogP) is 3.25. The molecule has 2 heterocycles. The molecule has 1 aromatic heterocycles. The highest BCUT2D eigenvalue weighted by Gasteiger charge is 2.21. The van der Waals surface area contributed by atoms with Crippen molar-refractivity contribution in [2.75, 3.05) is 20.8 Å². The summed E-state index contributed by atoms with van der Waals surface area (Å²) in [6, 6.07) is 11.6. The van der Waals surface area contributed by atoms with E-state index < -0.39 is 0 Å². The van der Waals surface area contributed by atoms with Crippen molar-refractivity contribution in [2.45, 2.75) is 13.0 Å². The second-order valence-electron chi connectivity index (χ2n) is 6.60. The zero-order valence-corrected chi connectivity index (χ0v) is 15.9. The summed E-state index contributed by atoms with van der Waals surface area (Å²) in [5.74, 6) is 1.35. The van der Waals surface area contributed by atoms with E-state index in [1.807, 2.05) is 41.3 Å². The van der Waals surface area contributed by atoms with E-state index in [1.165, 1.54) is 5.56 Å². The van der Waals surface area contributed by atoms with E-state index in [-0.39, 0.29) is 5.91 Å². The first-order valence-corrected chi connectivity index (χ1v) is 9.10. The molecule has 0 spiro atoms. The Morgan fingerprint density at radius 1 is 1.07 bits per heavy atom. The standard InChI is InChI=1S/C22H21N3O3/c1-27-20-11-15-9-10-25(14-16(15)12-21(20)28-2)22(26)8-7-17-13-23-18-5-3-4-6-19(18)24-17/h3-8,11-13H,9-10,14H2,1-2H3/b8-7+. The lowest BCUT2D eigenvalue weighted by Gasteiger charge is -2.28. The third-order valence-electron chi connectivity index (χ3n) is 4.89. The summed E-state index contributed by atoms with van der Waals surface area (Å²) in [5.41, 5.74) is 4.58. The van der Waals surface area contributed by atoms with Crippen molar-refractivity contribution < 1.29 is 14.3 Å². The van der Waals surface area contributed by atoms with Gasteiger partial charge in [0.2, 0.25) is 5.91 Å². The number of fused-ring (bicyclic) bond motifs is 2. The van der Waals surface area contributed by atoms with Crippen LogP contribution in [-0.4, -0.2) is 41.5 Å². The Morgan fingerprint density at radius 2 is 1.79 bits per heavy atom. The largest absolute Gasteiger partial charge is 0.493 e. The van der Waals surface area contributed by atoms with Gasteiger partial charge in [-0.3, -0.25) is 9.78 Å². The number of benzene rings is 2. The maximum absolute atomic E-state index is 12.7. The maximum Gasteiger partial charge on any atom is 0.246 e. The summed E-state index contributed by atoms with van der Waals surface area (Å²) in [5, 5.41) is 0. The molecule has 0 N–H and O–H groups in total. The summed E-state index contributed by atoms with van der Waals surface area (Å²) < 4.78 is 10.7. The van der Waals surface area contributed by atoms with Crippen LogP contribution < -0.4 is 9.47 Å². The van der Waals surface area contributed by atoms with Crippen LogP contribution >= 0.6 is 0 Å². The lowest BCUT2D eigenvalue weighted by molar-refractivity contribution is -0.126. The van der Waals surface area contributed by atoms with Crippen LogP contribution in [0.25, 0.3) is 17.1 Å². The number of hydrogen-bond donors (Lipinski definition) is 0. The molecule has 2 aromatic carbocycles. The Morgan fingerprint density at radius 3 is 2.54 bits per heavy atom. The van der Waals surface area contributed by atoms with Gasteiger partial charge in [-0.2, -0.15) is 0 Å². The SMILES string of the molecule is COc1cc2c(cc1OC)CN(C(=O)/C=C/c1cnc3ccccc3n1)CC2. The van der Waals surface area contributed by atoms with Gasteiger partial charge >= 0.3 is 0 Å². The molecule has 0 radical (unpaired) electrons. The van der Waals surface area contributed by atoms with Crippen LogP contribution in [0.15, 0.2) is 48.7 Å². The van der Waals surface area contributed by atoms with Crippen molar-refractivity contribution >= 4 is 23.0 Å². The fourth-order valence-corrected chi connectivity index (χ4v) is 3.39. The number of amides is 1. The minimum absolute atomic E-state index is 0.0459. The number of methoxy groups -OCH3 is 2. The molecule has 4 rings (SSSR count). The van der Waals surface area contributed by atoms with Crippen molar-refractivity contribution in [3.8, 4) is 11.5 Å². The van der Waals surface area contributed by atoms with Crippen LogP contribution in [-0.2, 0) is 17.8 Å². The first-order valence-electron chi connectivity index (χ1n) is 9.10. The minimum Gasteiger partial charge on any atom is -0.493 e. The van der Waals surface area contributed by atoms with Crippen LogP contribution in [0.4, 0.5) is 0 Å². The molecule has 1 aliphatic heterocycles. The van der Waals surface area contributed by atoms with Gasteiger partial charge in [-0.1, -0.05) is 12.1 Å². The molecule has 28 heavy (non-hydrogen) atoms. The lowest BCUT2D eigenvalue weighted by Crippen LogP contribution is -2.34. The number of nitrogens with zero attached hydrogens (tertiary/aromatic N) is 3. The smallest absolute Gasteiger partial charge is 0.246 e. The van der Waals surface area contributed by atoms with E-state index in [0.717, 1.165) is 28.8 Å². The van der Waals surface area contributed by atoms with Gasteiger partial charge in [0, 0.05) is 19.2 Å². The molecular weight excluding hydrogens is 354 g/mol. The summed E-state index contributed by atoms with van der Waals surface area (Å²) in [4.78, 5) is 23.4. The van der Waals surface area contributed by atoms with Crippen LogP contribution in [0.3, 0.4) is 0 Å². The monoisotopic (exact) mass is 375 g/mol. The van der Waals surface area contributed by atoms with Crippen LogP contribution in [0.2, 0.25) is 0 Å². The van der Waals surface area contributed by atoms with Crippen molar-refractivity contribution in [2.24, 2.45) is 0 Å². The minimum atomic E-state index is -0.0459. The third-order valence-corrected chi connectivity index (χ3v) is 4.89. The molecule has 0 bridgehead atoms. The zero-order valence-electron chi connectivity index (χ0n) is 15.9. The molecular formula is C22H21N3O3. The number of carbonyl (C=O) groups is 1. The molecule has 1 aliphatic rings. The summed E-state index contributed by atoms with van der Waals surface area (Å²) in [6.45, 7) is 1.21. The predicted molar refractivity (Wildman–Crippen MR) is 107 cm³/mol. The third kappa shape index (κ3) is 3.53. The quantitative estimate of drug-likeness (QED) is 0.655. The molecule has 6 nitrogen and oxygen atoms in total. The molecule has 0 unspecified atom stereocenters. The average molecular weight is 375 g/mol. The molecule has 3 aromatic rings. The van der Waals surface area contributed by atoms with E-state index in [9.17, 15) is 4.79 Å². The summed E-state index contributed by atoms with van der Waals surface area (Å²) in [7, 11) is 3.24. The van der Waals surface area contributed by atoms with Crippen molar-refractivity contribution in [3.63, 3.8) is 0 Å². The van der Waals surface area contributed by atoms with Crippen molar-refractivity contribution in [1.29, 1.82) is 0 Å². The zero-order chi connectivity index (χ0) is 19.5. The Bertz CT molecular complexity index is 1060. The first-order chi connectivity index (χ1) is 13.7. The van der Waals surface area contributed by atoms with Gasteiger partial charge in [0.05, 0.1) is 37.1 Å². The fraction of sp³-hybridized carbons (Fsp3) is 0.227. The second kappa shape index (κ2) is 7.68. The molecule has 1 amide bonds. The molecule has 0 aliphatic carbocycles. The average Bonchev–Trinajstić information content (AvgIpc) is 2.75. The van der Waals surface area contributed by atoms with Gasteiger partial charge in [-0.15, -0.1) is 0 Å². The van der Waals surface area contributed by atoms with E-state index in [0.29, 0.717) is 24.5 Å². The second-order valence-corrected chi connectivity index (χ2v) is 6.60. The van der Waals surface area contributed by atoms with Crippen LogP contribution in [0.1, 0.15) is 16.8 Å². The van der Waals surface area contributed by atoms with E-state index in [2.05, 4.69) is 9.97 Å². The number of carbonyl (C=O) groups excluding carboxylic acids is 1. The van der Waals surface area contributed by atoms with Crippen molar-refractivity contribution in [1.82, 2.24) is 14.9 Å². The van der Waals surface area contributed by atoms with Crippen molar-refractivity contribution in [3.05, 3.63) is 65.5 Å². The summed E-state index contributed by atoms with van der Waals surface area (Å²) in [6.07, 6.45) is 5.73. The lowest BCUT2D eigenvalue weighted by atomic mass is 9.98. The fourth-order valence-electron chi connectivity index (χ4n) is 3.39. The van der Waals surface area contributed by atoms with E-state index in [1.54, 1.807) is 32.6 Å². The number of aromatic nitrogens is 2. The molecule has 142 valence electrons. The van der Waals surface area contributed by atoms with E-state index in [4.69, 9.17) is 9.47 Å². The van der Waals surface area contributed by atoms with Gasteiger partial charge < -0.3 is 14.4 Å². The highest BCUT2D eigenvalue weighted by Crippen LogP contribution is 2.33. The highest BCUT2D eigenvalue weighted by molar-refractivity contribution is 5.92. The van der Waals surface area contributed by atoms with E-state index >= 15 is 0 Å². The van der Waals surface area contributed by atoms with Crippen LogP contribution in [0.5, 0.6) is 11.5 Å². The Hall–Kier alpha value is -3.41. The molecule has 6 heteroatoms. The molecule has 0 fully saturated rings. The van der Waals surface area contributed by atoms with Gasteiger partial charge in [-0.25, -0.2) is 4.98 Å². The normalized spacial score (nSPS) is 13.6. The Kier molecular flexibility index (Phi) is 4.93. The number of para-hydroxylation sites is 2. The summed E-state index contributed by atoms with van der Waals surface area (Å²) >= 11 is 0. The Balaban J connectivity index is 1.50. The maximum atomic E-state index is 12.7. The molecule has 0 atom stereocenters. The number of rotatable bonds is 4. The first kappa shape index (κ1) is 18.0. The van der Waals surface area contributed by atoms with Crippen LogP contribution in [0, 0.1) is 0 Å². The number of hydrogen-bond acceptors (Lipinski definition) is 5. The van der Waals surface area contributed by atoms with Gasteiger partial charge in [-0.05, 0) is 47.9 Å². The molecule has 0 saturated carbocycles. The highest BCUT2D eigenvalue weighted by atomic mass is 16.5. The molecule has 0 saturated heterocycles. The topological polar surface area (TPSA) is 64.6 Å². The number of ether oxygens (including phenoxy) is 2. The van der Waals surface area contributed by atoms with Gasteiger partial charge in [0.25, 0.3) is 0 Å². The Labute approximate surface area is 163 Å². The van der Waals surface area contributed by atoms with Gasteiger partial charge in [0.15, 0.2) is 11.5 Å². The van der Waals surface area contributed by atoms with Gasteiger partial charge in [0.1, 0.15) is 0 Å².